The predicted octanol–water partition coefficient (Wildman–Crippen LogP) is 2.88. The van der Waals surface area contributed by atoms with Crippen molar-refractivity contribution in [2.45, 2.75) is 37.9 Å². The van der Waals surface area contributed by atoms with Crippen molar-refractivity contribution in [1.82, 2.24) is 24.8 Å². The first kappa shape index (κ1) is 16.9. The SMILES string of the molecule is CC[C@H](Cn1ccnc1)NC(=O)CSc1ncnc2sc(C)cc12. The molecule has 0 bridgehead atoms. The van der Waals surface area contributed by atoms with Gasteiger partial charge >= 0.3 is 0 Å². The number of nitrogens with one attached hydrogen (secondary N) is 1. The van der Waals surface area contributed by atoms with Crippen molar-refractivity contribution in [3.05, 3.63) is 36.0 Å². The maximum atomic E-state index is 12.3. The molecule has 1 atom stereocenters. The highest BCUT2D eigenvalue weighted by molar-refractivity contribution is 8.00. The molecule has 0 spiro atoms. The molecule has 0 aromatic carbocycles. The molecule has 0 aliphatic heterocycles. The number of thioether (sulfide) groups is 1. The lowest BCUT2D eigenvalue weighted by molar-refractivity contribution is -0.119. The highest BCUT2D eigenvalue weighted by Crippen LogP contribution is 2.30. The third kappa shape index (κ3) is 4.12. The number of carbonyl (C=O) groups is 1. The van der Waals surface area contributed by atoms with Crippen LogP contribution in [0.3, 0.4) is 0 Å². The monoisotopic (exact) mass is 361 g/mol. The van der Waals surface area contributed by atoms with E-state index in [1.165, 1.54) is 16.6 Å². The third-order valence-corrected chi connectivity index (χ3v) is 5.57. The van der Waals surface area contributed by atoms with Crippen LogP contribution < -0.4 is 5.32 Å². The second-order valence-electron chi connectivity index (χ2n) is 5.48. The van der Waals surface area contributed by atoms with E-state index in [2.05, 4.69) is 40.2 Å². The van der Waals surface area contributed by atoms with Gasteiger partial charge in [-0.25, -0.2) is 15.0 Å². The number of aromatic nitrogens is 4. The van der Waals surface area contributed by atoms with Crippen LogP contribution in [0.2, 0.25) is 0 Å². The summed E-state index contributed by atoms with van der Waals surface area (Å²) in [6.07, 6.45) is 7.84. The van der Waals surface area contributed by atoms with Crippen LogP contribution in [0.25, 0.3) is 10.2 Å². The lowest BCUT2D eigenvalue weighted by Crippen LogP contribution is -2.38. The molecule has 24 heavy (non-hydrogen) atoms. The molecule has 3 aromatic heterocycles. The number of thiophene rings is 1. The molecular weight excluding hydrogens is 342 g/mol. The van der Waals surface area contributed by atoms with E-state index < -0.39 is 0 Å². The van der Waals surface area contributed by atoms with Gasteiger partial charge in [0.2, 0.25) is 5.91 Å². The molecule has 0 unspecified atom stereocenters. The molecule has 3 rings (SSSR count). The van der Waals surface area contributed by atoms with Crippen LogP contribution in [0.5, 0.6) is 0 Å². The van der Waals surface area contributed by atoms with E-state index in [9.17, 15) is 4.79 Å². The quantitative estimate of drug-likeness (QED) is 0.517. The molecule has 0 saturated carbocycles. The molecule has 3 aromatic rings. The summed E-state index contributed by atoms with van der Waals surface area (Å²) in [5.74, 6) is 0.368. The third-order valence-electron chi connectivity index (χ3n) is 3.60. The fourth-order valence-electron chi connectivity index (χ4n) is 2.40. The first-order valence-electron chi connectivity index (χ1n) is 7.74. The average molecular weight is 361 g/mol. The zero-order valence-corrected chi connectivity index (χ0v) is 15.2. The van der Waals surface area contributed by atoms with Crippen LogP contribution in [-0.2, 0) is 11.3 Å². The number of amides is 1. The largest absolute Gasteiger partial charge is 0.351 e. The topological polar surface area (TPSA) is 72.7 Å². The van der Waals surface area contributed by atoms with Crippen molar-refractivity contribution < 1.29 is 4.79 Å². The van der Waals surface area contributed by atoms with Gasteiger partial charge in [-0.3, -0.25) is 4.79 Å². The minimum Gasteiger partial charge on any atom is -0.351 e. The molecule has 3 heterocycles. The number of rotatable bonds is 7. The molecule has 0 aliphatic rings. The summed E-state index contributed by atoms with van der Waals surface area (Å²) in [6.45, 7) is 4.85. The smallest absolute Gasteiger partial charge is 0.230 e. The maximum Gasteiger partial charge on any atom is 0.230 e. The first-order chi connectivity index (χ1) is 11.7. The Labute approximate surface area is 148 Å². The summed E-state index contributed by atoms with van der Waals surface area (Å²) in [5, 5.41) is 4.97. The van der Waals surface area contributed by atoms with Crippen LogP contribution >= 0.6 is 23.1 Å². The van der Waals surface area contributed by atoms with E-state index in [1.54, 1.807) is 30.2 Å². The number of fused-ring (bicyclic) bond motifs is 1. The Balaban J connectivity index is 1.58. The Morgan fingerprint density at radius 2 is 2.33 bits per heavy atom. The van der Waals surface area contributed by atoms with Crippen LogP contribution in [0.4, 0.5) is 0 Å². The van der Waals surface area contributed by atoms with Crippen LogP contribution in [-0.4, -0.2) is 37.2 Å². The molecule has 8 heteroatoms. The maximum absolute atomic E-state index is 12.3. The molecule has 126 valence electrons. The Kier molecular flexibility index (Phi) is 5.47. The van der Waals surface area contributed by atoms with Gasteiger partial charge in [0, 0.05) is 35.2 Å². The van der Waals surface area contributed by atoms with Gasteiger partial charge in [-0.1, -0.05) is 18.7 Å². The zero-order chi connectivity index (χ0) is 16.9. The van der Waals surface area contributed by atoms with Gasteiger partial charge in [0.1, 0.15) is 16.2 Å². The fraction of sp³-hybridized carbons (Fsp3) is 0.375. The number of nitrogens with zero attached hydrogens (tertiary/aromatic N) is 4. The Morgan fingerprint density at radius 1 is 1.46 bits per heavy atom. The molecule has 6 nitrogen and oxygen atoms in total. The minimum atomic E-state index is 0.0191. The number of hydrogen-bond acceptors (Lipinski definition) is 6. The molecule has 1 amide bonds. The van der Waals surface area contributed by atoms with Gasteiger partial charge in [0.15, 0.2) is 0 Å². The van der Waals surface area contributed by atoms with E-state index in [-0.39, 0.29) is 11.9 Å². The van der Waals surface area contributed by atoms with E-state index >= 15 is 0 Å². The van der Waals surface area contributed by atoms with Crippen molar-refractivity contribution in [1.29, 1.82) is 0 Å². The summed E-state index contributed by atoms with van der Waals surface area (Å²) in [7, 11) is 0. The van der Waals surface area contributed by atoms with Gasteiger partial charge in [-0.2, -0.15) is 0 Å². The molecule has 1 N–H and O–H groups in total. The van der Waals surface area contributed by atoms with E-state index in [1.807, 2.05) is 10.8 Å². The molecular formula is C16H19N5OS2. The summed E-state index contributed by atoms with van der Waals surface area (Å²) in [6, 6.07) is 2.18. The van der Waals surface area contributed by atoms with Gasteiger partial charge in [0.25, 0.3) is 0 Å². The van der Waals surface area contributed by atoms with Gasteiger partial charge < -0.3 is 9.88 Å². The van der Waals surface area contributed by atoms with Crippen LogP contribution in [0, 0.1) is 6.92 Å². The van der Waals surface area contributed by atoms with Crippen molar-refractivity contribution in [2.75, 3.05) is 5.75 Å². The Morgan fingerprint density at radius 3 is 3.08 bits per heavy atom. The Hall–Kier alpha value is -1.93. The zero-order valence-electron chi connectivity index (χ0n) is 13.6. The summed E-state index contributed by atoms with van der Waals surface area (Å²) < 4.78 is 1.98. The van der Waals surface area contributed by atoms with E-state index in [0.717, 1.165) is 28.2 Å². The highest BCUT2D eigenvalue weighted by atomic mass is 32.2. The van der Waals surface area contributed by atoms with Crippen molar-refractivity contribution in [3.63, 3.8) is 0 Å². The van der Waals surface area contributed by atoms with Gasteiger partial charge in [-0.05, 0) is 19.4 Å². The number of hydrogen-bond donors (Lipinski definition) is 1. The molecule has 0 aliphatic carbocycles. The van der Waals surface area contributed by atoms with Gasteiger partial charge in [0.05, 0.1) is 12.1 Å². The minimum absolute atomic E-state index is 0.0191. The van der Waals surface area contributed by atoms with E-state index in [0.29, 0.717) is 5.75 Å². The standard InChI is InChI=1S/C16H19N5OS2/c1-3-12(7-21-5-4-17-10-21)20-14(22)8-23-15-13-6-11(2)24-16(13)19-9-18-15/h4-6,9-10,12H,3,7-8H2,1-2H3,(H,20,22)/t12-/m1/s1. The second kappa shape index (κ2) is 7.76. The lowest BCUT2D eigenvalue weighted by Gasteiger charge is -2.17. The lowest BCUT2D eigenvalue weighted by atomic mass is 10.2. The fourth-order valence-corrected chi connectivity index (χ4v) is 4.09. The second-order valence-corrected chi connectivity index (χ2v) is 7.67. The molecule has 0 saturated heterocycles. The summed E-state index contributed by atoms with van der Waals surface area (Å²) in [4.78, 5) is 27.0. The van der Waals surface area contributed by atoms with Crippen molar-refractivity contribution in [2.24, 2.45) is 0 Å². The van der Waals surface area contributed by atoms with Crippen LogP contribution in [0.15, 0.2) is 36.1 Å². The number of carbonyl (C=O) groups excluding carboxylic acids is 1. The first-order valence-corrected chi connectivity index (χ1v) is 9.55. The number of aryl methyl sites for hydroxylation is 1. The normalized spacial score (nSPS) is 12.4. The van der Waals surface area contributed by atoms with Crippen molar-refractivity contribution >= 4 is 39.2 Å². The predicted molar refractivity (Wildman–Crippen MR) is 97.3 cm³/mol. The van der Waals surface area contributed by atoms with Gasteiger partial charge in [-0.15, -0.1) is 11.3 Å². The van der Waals surface area contributed by atoms with E-state index in [4.69, 9.17) is 0 Å². The molecule has 0 fully saturated rings. The number of imidazole rings is 1. The summed E-state index contributed by atoms with van der Waals surface area (Å²) >= 11 is 3.10. The highest BCUT2D eigenvalue weighted by Gasteiger charge is 2.13. The van der Waals surface area contributed by atoms with Crippen LogP contribution in [0.1, 0.15) is 18.2 Å². The van der Waals surface area contributed by atoms with Crippen molar-refractivity contribution in [3.8, 4) is 0 Å². The average Bonchev–Trinajstić information content (AvgIpc) is 3.20. The molecule has 0 radical (unpaired) electrons. The summed E-state index contributed by atoms with van der Waals surface area (Å²) in [5.41, 5.74) is 0. The Bertz CT molecular complexity index is 815.